The lowest BCUT2D eigenvalue weighted by molar-refractivity contribution is -0.116. The Morgan fingerprint density at radius 1 is 1.15 bits per heavy atom. The highest BCUT2D eigenvalue weighted by Gasteiger charge is 2.20. The second-order valence-corrected chi connectivity index (χ2v) is 6.79. The largest absolute Gasteiger partial charge is 0.454 e. The van der Waals surface area contributed by atoms with E-state index in [2.05, 4.69) is 15.2 Å². The summed E-state index contributed by atoms with van der Waals surface area (Å²) in [5.41, 5.74) is 1.04. The first-order valence-corrected chi connectivity index (χ1v) is 9.13. The van der Waals surface area contributed by atoms with E-state index in [9.17, 15) is 9.59 Å². The number of carbonyl (C=O) groups is 1. The fraction of sp³-hybridized carbons (Fsp3) is 0.421. The van der Waals surface area contributed by atoms with E-state index in [-0.39, 0.29) is 24.8 Å². The Labute approximate surface area is 156 Å². The lowest BCUT2D eigenvalue weighted by Crippen LogP contribution is -2.38. The highest BCUT2D eigenvalue weighted by atomic mass is 16.7. The summed E-state index contributed by atoms with van der Waals surface area (Å²) < 4.78 is 12.0. The van der Waals surface area contributed by atoms with Crippen LogP contribution in [0.5, 0.6) is 11.5 Å². The van der Waals surface area contributed by atoms with E-state index in [4.69, 9.17) is 9.47 Å². The topological polar surface area (TPSA) is 85.7 Å². The molecule has 0 radical (unpaired) electrons. The number of anilines is 2. The zero-order valence-electron chi connectivity index (χ0n) is 15.2. The number of hydrogen-bond acceptors (Lipinski definition) is 6. The minimum absolute atomic E-state index is 0.0909. The number of amides is 1. The van der Waals surface area contributed by atoms with Crippen molar-refractivity contribution in [1.29, 1.82) is 0 Å². The molecular formula is C19H22N4O4. The van der Waals surface area contributed by atoms with Gasteiger partial charge in [-0.1, -0.05) is 0 Å². The average molecular weight is 370 g/mol. The van der Waals surface area contributed by atoms with Gasteiger partial charge in [0, 0.05) is 36.6 Å². The Kier molecular flexibility index (Phi) is 4.70. The van der Waals surface area contributed by atoms with E-state index in [0.29, 0.717) is 28.8 Å². The third kappa shape index (κ3) is 3.74. The standard InChI is InChI=1S/C19H22N4O4/c1-13-9-18(25)23(19(20-13)22-7-3-2-4-8-22)11-17(24)21-14-5-6-15-16(10-14)27-12-26-15/h5-6,9-10H,2-4,7-8,11-12H2,1H3,(H,21,24). The molecule has 2 aromatic rings. The molecule has 3 heterocycles. The number of carbonyl (C=O) groups excluding carboxylic acids is 1. The average Bonchev–Trinajstić information content (AvgIpc) is 3.12. The van der Waals surface area contributed by atoms with Crippen LogP contribution in [0, 0.1) is 6.92 Å². The van der Waals surface area contributed by atoms with E-state index in [1.54, 1.807) is 25.1 Å². The summed E-state index contributed by atoms with van der Waals surface area (Å²) in [5, 5.41) is 2.81. The number of benzene rings is 1. The maximum Gasteiger partial charge on any atom is 0.255 e. The van der Waals surface area contributed by atoms with Crippen LogP contribution >= 0.6 is 0 Å². The summed E-state index contributed by atoms with van der Waals surface area (Å²) in [6.45, 7) is 3.58. The van der Waals surface area contributed by atoms with Crippen LogP contribution in [-0.2, 0) is 11.3 Å². The monoisotopic (exact) mass is 370 g/mol. The number of fused-ring (bicyclic) bond motifs is 1. The normalized spacial score (nSPS) is 15.7. The number of aryl methyl sites for hydroxylation is 1. The van der Waals surface area contributed by atoms with E-state index >= 15 is 0 Å². The van der Waals surface area contributed by atoms with Gasteiger partial charge in [0.05, 0.1) is 0 Å². The maximum absolute atomic E-state index is 12.6. The SMILES string of the molecule is Cc1cc(=O)n(CC(=O)Nc2ccc3c(c2)OCO3)c(N2CCCCC2)n1. The summed E-state index contributed by atoms with van der Waals surface area (Å²) in [6, 6.07) is 6.66. The second-order valence-electron chi connectivity index (χ2n) is 6.79. The first-order valence-electron chi connectivity index (χ1n) is 9.13. The van der Waals surface area contributed by atoms with Crippen molar-refractivity contribution in [1.82, 2.24) is 9.55 Å². The number of hydrogen-bond donors (Lipinski definition) is 1. The fourth-order valence-corrected chi connectivity index (χ4v) is 3.41. The number of rotatable bonds is 4. The predicted molar refractivity (Wildman–Crippen MR) is 100 cm³/mol. The molecule has 0 unspecified atom stereocenters. The van der Waals surface area contributed by atoms with Crippen LogP contribution in [0.15, 0.2) is 29.1 Å². The van der Waals surface area contributed by atoms with Crippen molar-refractivity contribution in [2.75, 3.05) is 30.1 Å². The van der Waals surface area contributed by atoms with Gasteiger partial charge in [-0.15, -0.1) is 0 Å². The lowest BCUT2D eigenvalue weighted by Gasteiger charge is -2.29. The molecule has 0 saturated carbocycles. The zero-order chi connectivity index (χ0) is 18.8. The number of ether oxygens (including phenoxy) is 2. The fourth-order valence-electron chi connectivity index (χ4n) is 3.41. The molecule has 0 atom stereocenters. The Morgan fingerprint density at radius 3 is 2.74 bits per heavy atom. The van der Waals surface area contributed by atoms with Gasteiger partial charge in [0.25, 0.3) is 5.56 Å². The van der Waals surface area contributed by atoms with Gasteiger partial charge in [0.15, 0.2) is 11.5 Å². The quantitative estimate of drug-likeness (QED) is 0.885. The molecule has 4 rings (SSSR count). The molecule has 0 bridgehead atoms. The van der Waals surface area contributed by atoms with Gasteiger partial charge >= 0.3 is 0 Å². The molecule has 1 fully saturated rings. The van der Waals surface area contributed by atoms with Crippen LogP contribution in [0.3, 0.4) is 0 Å². The molecule has 1 saturated heterocycles. The van der Waals surface area contributed by atoms with Crippen molar-refractivity contribution in [2.24, 2.45) is 0 Å². The molecule has 1 aromatic carbocycles. The third-order valence-corrected chi connectivity index (χ3v) is 4.71. The number of nitrogens with one attached hydrogen (secondary N) is 1. The minimum Gasteiger partial charge on any atom is -0.454 e. The first-order chi connectivity index (χ1) is 13.1. The van der Waals surface area contributed by atoms with E-state index in [0.717, 1.165) is 25.9 Å². The van der Waals surface area contributed by atoms with Gasteiger partial charge in [-0.25, -0.2) is 4.98 Å². The van der Waals surface area contributed by atoms with Gasteiger partial charge in [-0.2, -0.15) is 0 Å². The Morgan fingerprint density at radius 2 is 1.93 bits per heavy atom. The van der Waals surface area contributed by atoms with Gasteiger partial charge in [0.1, 0.15) is 6.54 Å². The molecule has 1 N–H and O–H groups in total. The minimum atomic E-state index is -0.292. The summed E-state index contributed by atoms with van der Waals surface area (Å²) in [5.74, 6) is 1.52. The molecular weight excluding hydrogens is 348 g/mol. The number of piperidine rings is 1. The first kappa shape index (κ1) is 17.4. The molecule has 0 spiro atoms. The van der Waals surface area contributed by atoms with Crippen molar-refractivity contribution < 1.29 is 14.3 Å². The molecule has 27 heavy (non-hydrogen) atoms. The predicted octanol–water partition coefficient (Wildman–Crippen LogP) is 1.91. The van der Waals surface area contributed by atoms with Crippen LogP contribution in [0.1, 0.15) is 25.0 Å². The summed E-state index contributed by atoms with van der Waals surface area (Å²) in [6.07, 6.45) is 3.30. The molecule has 1 aromatic heterocycles. The highest BCUT2D eigenvalue weighted by Crippen LogP contribution is 2.34. The second kappa shape index (κ2) is 7.30. The Bertz CT molecular complexity index is 918. The van der Waals surface area contributed by atoms with Gasteiger partial charge in [-0.05, 0) is 38.3 Å². The molecule has 0 aliphatic carbocycles. The van der Waals surface area contributed by atoms with E-state index in [1.165, 1.54) is 17.1 Å². The summed E-state index contributed by atoms with van der Waals surface area (Å²) in [4.78, 5) is 31.7. The lowest BCUT2D eigenvalue weighted by atomic mass is 10.1. The smallest absolute Gasteiger partial charge is 0.255 e. The molecule has 2 aliphatic heterocycles. The highest BCUT2D eigenvalue weighted by molar-refractivity contribution is 5.91. The van der Waals surface area contributed by atoms with Crippen LogP contribution in [-0.4, -0.2) is 35.3 Å². The van der Waals surface area contributed by atoms with Crippen molar-refractivity contribution in [3.05, 3.63) is 40.3 Å². The van der Waals surface area contributed by atoms with Crippen LogP contribution in [0.4, 0.5) is 11.6 Å². The zero-order valence-corrected chi connectivity index (χ0v) is 15.2. The van der Waals surface area contributed by atoms with Crippen molar-refractivity contribution in [3.63, 3.8) is 0 Å². The van der Waals surface area contributed by atoms with Gasteiger partial charge in [0.2, 0.25) is 18.6 Å². The third-order valence-electron chi connectivity index (χ3n) is 4.71. The van der Waals surface area contributed by atoms with E-state index in [1.807, 2.05) is 0 Å². The summed E-state index contributed by atoms with van der Waals surface area (Å²) >= 11 is 0. The van der Waals surface area contributed by atoms with Crippen molar-refractivity contribution in [3.8, 4) is 11.5 Å². The van der Waals surface area contributed by atoms with Crippen LogP contribution in [0.2, 0.25) is 0 Å². The molecule has 142 valence electrons. The van der Waals surface area contributed by atoms with Crippen molar-refractivity contribution >= 4 is 17.5 Å². The molecule has 1 amide bonds. The van der Waals surface area contributed by atoms with E-state index < -0.39 is 0 Å². The number of nitrogens with zero attached hydrogens (tertiary/aromatic N) is 3. The Hall–Kier alpha value is -3.03. The number of aromatic nitrogens is 2. The molecule has 2 aliphatic rings. The molecule has 8 nitrogen and oxygen atoms in total. The Balaban J connectivity index is 1.54. The van der Waals surface area contributed by atoms with Crippen molar-refractivity contribution in [2.45, 2.75) is 32.7 Å². The van der Waals surface area contributed by atoms with Gasteiger partial charge < -0.3 is 19.7 Å². The maximum atomic E-state index is 12.6. The van der Waals surface area contributed by atoms with Crippen LogP contribution in [0.25, 0.3) is 0 Å². The molecule has 8 heteroatoms. The summed E-state index contributed by atoms with van der Waals surface area (Å²) in [7, 11) is 0. The van der Waals surface area contributed by atoms with Crippen LogP contribution < -0.4 is 25.2 Å². The van der Waals surface area contributed by atoms with Gasteiger partial charge in [-0.3, -0.25) is 14.2 Å².